The SMILES string of the molecule is CC[C@H](C)NC(=O)[C@H](NC(=O)c1ccccc1F)C1CCN(C(=O)c2ccccc2F)CC1. The lowest BCUT2D eigenvalue weighted by Gasteiger charge is -2.36. The fourth-order valence-electron chi connectivity index (χ4n) is 3.94. The molecule has 0 bridgehead atoms. The summed E-state index contributed by atoms with van der Waals surface area (Å²) in [5.41, 5.74) is -0.124. The van der Waals surface area contributed by atoms with Crippen LogP contribution < -0.4 is 10.6 Å². The summed E-state index contributed by atoms with van der Waals surface area (Å²) in [6.45, 7) is 4.44. The summed E-state index contributed by atoms with van der Waals surface area (Å²) in [6.07, 6.45) is 1.60. The zero-order valence-corrected chi connectivity index (χ0v) is 18.8. The van der Waals surface area contributed by atoms with Crippen molar-refractivity contribution in [2.24, 2.45) is 5.92 Å². The summed E-state index contributed by atoms with van der Waals surface area (Å²) in [7, 11) is 0. The van der Waals surface area contributed by atoms with E-state index in [0.29, 0.717) is 25.9 Å². The second-order valence-corrected chi connectivity index (χ2v) is 8.36. The molecule has 1 heterocycles. The first-order chi connectivity index (χ1) is 15.8. The van der Waals surface area contributed by atoms with E-state index < -0.39 is 29.5 Å². The normalized spacial score (nSPS) is 16.1. The maximum Gasteiger partial charge on any atom is 0.256 e. The lowest BCUT2D eigenvalue weighted by Crippen LogP contribution is -2.55. The van der Waals surface area contributed by atoms with E-state index in [1.807, 2.05) is 13.8 Å². The zero-order chi connectivity index (χ0) is 24.0. The van der Waals surface area contributed by atoms with Crippen LogP contribution in [0.3, 0.4) is 0 Å². The van der Waals surface area contributed by atoms with Crippen molar-refractivity contribution in [2.45, 2.75) is 45.2 Å². The van der Waals surface area contributed by atoms with Gasteiger partial charge in [0.1, 0.15) is 17.7 Å². The molecule has 2 N–H and O–H groups in total. The number of hydrogen-bond donors (Lipinski definition) is 2. The van der Waals surface area contributed by atoms with Gasteiger partial charge in [0.15, 0.2) is 0 Å². The smallest absolute Gasteiger partial charge is 0.256 e. The topological polar surface area (TPSA) is 78.5 Å². The van der Waals surface area contributed by atoms with E-state index in [0.717, 1.165) is 6.42 Å². The number of rotatable bonds is 7. The third-order valence-electron chi connectivity index (χ3n) is 6.09. The van der Waals surface area contributed by atoms with Crippen molar-refractivity contribution in [3.8, 4) is 0 Å². The van der Waals surface area contributed by atoms with Crippen molar-refractivity contribution in [3.05, 3.63) is 71.3 Å². The van der Waals surface area contributed by atoms with E-state index in [1.165, 1.54) is 36.4 Å². The first kappa shape index (κ1) is 24.4. The molecule has 2 aromatic rings. The Morgan fingerprint density at radius 3 is 2.03 bits per heavy atom. The van der Waals surface area contributed by atoms with Crippen LogP contribution in [0.2, 0.25) is 0 Å². The molecular formula is C25H29F2N3O3. The van der Waals surface area contributed by atoms with Crippen molar-refractivity contribution >= 4 is 17.7 Å². The Kier molecular flexibility index (Phi) is 8.14. The van der Waals surface area contributed by atoms with Gasteiger partial charge in [-0.25, -0.2) is 8.78 Å². The summed E-state index contributed by atoms with van der Waals surface area (Å²) >= 11 is 0. The van der Waals surface area contributed by atoms with E-state index in [9.17, 15) is 23.2 Å². The van der Waals surface area contributed by atoms with Gasteiger partial charge in [0.25, 0.3) is 11.8 Å². The number of piperidine rings is 1. The van der Waals surface area contributed by atoms with Crippen LogP contribution in [0.1, 0.15) is 53.8 Å². The van der Waals surface area contributed by atoms with Crippen LogP contribution >= 0.6 is 0 Å². The van der Waals surface area contributed by atoms with Gasteiger partial charge in [-0.2, -0.15) is 0 Å². The van der Waals surface area contributed by atoms with E-state index >= 15 is 0 Å². The first-order valence-electron chi connectivity index (χ1n) is 11.2. The van der Waals surface area contributed by atoms with Crippen molar-refractivity contribution in [1.29, 1.82) is 0 Å². The molecule has 1 saturated heterocycles. The summed E-state index contributed by atoms with van der Waals surface area (Å²) < 4.78 is 28.1. The number of carbonyl (C=O) groups is 3. The molecule has 2 aromatic carbocycles. The Labute approximate surface area is 192 Å². The highest BCUT2D eigenvalue weighted by molar-refractivity contribution is 5.98. The molecule has 33 heavy (non-hydrogen) atoms. The van der Waals surface area contributed by atoms with Crippen LogP contribution in [-0.4, -0.2) is 47.8 Å². The number of nitrogens with zero attached hydrogens (tertiary/aromatic N) is 1. The lowest BCUT2D eigenvalue weighted by atomic mass is 9.88. The molecule has 0 unspecified atom stereocenters. The molecule has 0 aliphatic carbocycles. The number of nitrogens with one attached hydrogen (secondary N) is 2. The van der Waals surface area contributed by atoms with Crippen molar-refractivity contribution in [2.75, 3.05) is 13.1 Å². The highest BCUT2D eigenvalue weighted by atomic mass is 19.1. The summed E-state index contributed by atoms with van der Waals surface area (Å²) in [4.78, 5) is 40.0. The highest BCUT2D eigenvalue weighted by Crippen LogP contribution is 2.24. The molecule has 2 atom stereocenters. The monoisotopic (exact) mass is 457 g/mol. The van der Waals surface area contributed by atoms with E-state index in [2.05, 4.69) is 10.6 Å². The predicted octanol–water partition coefficient (Wildman–Crippen LogP) is 3.53. The van der Waals surface area contributed by atoms with Crippen molar-refractivity contribution in [3.63, 3.8) is 0 Å². The first-order valence-corrected chi connectivity index (χ1v) is 11.2. The molecule has 0 spiro atoms. The highest BCUT2D eigenvalue weighted by Gasteiger charge is 2.35. The van der Waals surface area contributed by atoms with Crippen LogP contribution in [0.5, 0.6) is 0 Å². The van der Waals surface area contributed by atoms with Crippen molar-refractivity contribution < 1.29 is 23.2 Å². The molecule has 8 heteroatoms. The van der Waals surface area contributed by atoms with Gasteiger partial charge in [0.05, 0.1) is 11.1 Å². The standard InChI is InChI=1S/C25H29F2N3O3/c1-3-16(2)28-24(32)22(29-23(31)18-8-4-6-10-20(18)26)17-12-14-30(15-13-17)25(33)19-9-5-7-11-21(19)27/h4-11,16-17,22H,3,12-15H2,1-2H3,(H,28,32)(H,29,31)/t16-,22+/m0/s1. The Morgan fingerprint density at radius 1 is 0.939 bits per heavy atom. The summed E-state index contributed by atoms with van der Waals surface area (Å²) in [5.74, 6) is -2.90. The van der Waals surface area contributed by atoms with Crippen LogP contribution in [0, 0.1) is 17.6 Å². The lowest BCUT2D eigenvalue weighted by molar-refractivity contribution is -0.125. The Balaban J connectivity index is 1.72. The molecule has 3 rings (SSSR count). The number of benzene rings is 2. The fourth-order valence-corrected chi connectivity index (χ4v) is 3.94. The zero-order valence-electron chi connectivity index (χ0n) is 18.8. The van der Waals surface area contributed by atoms with Gasteiger partial charge < -0.3 is 15.5 Å². The van der Waals surface area contributed by atoms with Gasteiger partial charge in [-0.3, -0.25) is 14.4 Å². The second kappa shape index (κ2) is 11.0. The molecule has 1 aliphatic heterocycles. The Bertz CT molecular complexity index is 1010. The van der Waals surface area contributed by atoms with Gasteiger partial charge in [-0.15, -0.1) is 0 Å². The molecule has 0 radical (unpaired) electrons. The van der Waals surface area contributed by atoms with E-state index in [-0.39, 0.29) is 29.0 Å². The minimum Gasteiger partial charge on any atom is -0.352 e. The van der Waals surface area contributed by atoms with Crippen molar-refractivity contribution in [1.82, 2.24) is 15.5 Å². The molecular weight excluding hydrogens is 428 g/mol. The quantitative estimate of drug-likeness (QED) is 0.668. The minimum atomic E-state index is -0.878. The predicted molar refractivity (Wildman–Crippen MR) is 121 cm³/mol. The minimum absolute atomic E-state index is 0.00914. The average Bonchev–Trinajstić information content (AvgIpc) is 2.82. The molecule has 176 valence electrons. The van der Waals surface area contributed by atoms with Gasteiger partial charge in [0, 0.05) is 19.1 Å². The van der Waals surface area contributed by atoms with Gasteiger partial charge in [-0.1, -0.05) is 31.2 Å². The average molecular weight is 458 g/mol. The third-order valence-corrected chi connectivity index (χ3v) is 6.09. The van der Waals surface area contributed by atoms with Crippen LogP contribution in [-0.2, 0) is 4.79 Å². The summed E-state index contributed by atoms with van der Waals surface area (Å²) in [6, 6.07) is 10.5. The van der Waals surface area contributed by atoms with E-state index in [4.69, 9.17) is 0 Å². The number of likely N-dealkylation sites (tertiary alicyclic amines) is 1. The van der Waals surface area contributed by atoms with E-state index in [1.54, 1.807) is 17.0 Å². The van der Waals surface area contributed by atoms with Gasteiger partial charge in [-0.05, 0) is 56.4 Å². The Morgan fingerprint density at radius 2 is 1.48 bits per heavy atom. The molecule has 1 fully saturated rings. The van der Waals surface area contributed by atoms with Gasteiger partial charge >= 0.3 is 0 Å². The number of halogens is 2. The summed E-state index contributed by atoms with van der Waals surface area (Å²) in [5, 5.41) is 5.59. The van der Waals surface area contributed by atoms with Crippen LogP contribution in [0.25, 0.3) is 0 Å². The number of carbonyl (C=O) groups excluding carboxylic acids is 3. The molecule has 6 nitrogen and oxygen atoms in total. The molecule has 0 saturated carbocycles. The van der Waals surface area contributed by atoms with Crippen LogP contribution in [0.4, 0.5) is 8.78 Å². The number of amides is 3. The van der Waals surface area contributed by atoms with Crippen LogP contribution in [0.15, 0.2) is 48.5 Å². The molecule has 1 aliphatic rings. The molecule has 3 amide bonds. The maximum atomic E-state index is 14.1. The molecule has 0 aromatic heterocycles. The maximum absolute atomic E-state index is 14.1. The Hall–Kier alpha value is -3.29. The largest absolute Gasteiger partial charge is 0.352 e. The fraction of sp³-hybridized carbons (Fsp3) is 0.400. The van der Waals surface area contributed by atoms with Gasteiger partial charge in [0.2, 0.25) is 5.91 Å². The third kappa shape index (κ3) is 5.94. The second-order valence-electron chi connectivity index (χ2n) is 8.36. The number of hydrogen-bond acceptors (Lipinski definition) is 3.